The number of aromatic hydroxyl groups is 1. The number of hydrogen-bond acceptors (Lipinski definition) is 6. The van der Waals surface area contributed by atoms with Crippen LogP contribution in [0.2, 0.25) is 0 Å². The zero-order valence-electron chi connectivity index (χ0n) is 17.6. The predicted octanol–water partition coefficient (Wildman–Crippen LogP) is 2.89. The van der Waals surface area contributed by atoms with E-state index in [1.54, 1.807) is 30.3 Å². The fourth-order valence-electron chi connectivity index (χ4n) is 4.18. The molecule has 3 aromatic rings. The lowest BCUT2D eigenvalue weighted by molar-refractivity contribution is -0.922. The summed E-state index contributed by atoms with van der Waals surface area (Å²) in [4.78, 5) is 25.9. The van der Waals surface area contributed by atoms with Gasteiger partial charge >= 0.3 is 5.97 Å². The number of phenolic OH excluding ortho intramolecular Hbond substituents is 1. The molecule has 1 saturated heterocycles. The summed E-state index contributed by atoms with van der Waals surface area (Å²) in [6.45, 7) is 4.91. The van der Waals surface area contributed by atoms with Gasteiger partial charge in [-0.15, -0.1) is 0 Å². The molecular formula is C24H26NO6+. The smallest absolute Gasteiger partial charge is 0.337 e. The minimum atomic E-state index is -0.450. The van der Waals surface area contributed by atoms with Crippen molar-refractivity contribution in [1.29, 1.82) is 0 Å². The van der Waals surface area contributed by atoms with E-state index in [-0.39, 0.29) is 16.9 Å². The molecule has 0 spiro atoms. The molecule has 2 heterocycles. The molecule has 2 aromatic carbocycles. The first kappa shape index (κ1) is 20.9. The summed E-state index contributed by atoms with van der Waals surface area (Å²) < 4.78 is 16.2. The standard InChI is InChI=1S/C24H25NO6/c1-15-4-3-11-25(12-15)13-19-20(26)10-9-18-22(27)21(14-30-23(18)19)31-17-7-5-16(6-8-17)24(28)29-2/h5-10,14-15,26H,3-4,11-13H2,1-2H3/p+1/t15-/m1/s1. The average Bonchev–Trinajstić information content (AvgIpc) is 2.77. The molecule has 1 aliphatic rings. The molecule has 1 unspecified atom stereocenters. The number of piperidine rings is 1. The number of benzene rings is 2. The van der Waals surface area contributed by atoms with E-state index in [0.29, 0.717) is 40.3 Å². The average molecular weight is 424 g/mol. The van der Waals surface area contributed by atoms with Gasteiger partial charge in [-0.25, -0.2) is 4.79 Å². The van der Waals surface area contributed by atoms with Gasteiger partial charge in [0.15, 0.2) is 5.58 Å². The van der Waals surface area contributed by atoms with Crippen LogP contribution in [-0.2, 0) is 11.3 Å². The molecule has 0 amide bonds. The van der Waals surface area contributed by atoms with E-state index >= 15 is 0 Å². The zero-order valence-corrected chi connectivity index (χ0v) is 17.6. The maximum Gasteiger partial charge on any atom is 0.337 e. The van der Waals surface area contributed by atoms with Gasteiger partial charge < -0.3 is 23.9 Å². The fourth-order valence-corrected chi connectivity index (χ4v) is 4.18. The summed E-state index contributed by atoms with van der Waals surface area (Å²) in [6.07, 6.45) is 3.65. The van der Waals surface area contributed by atoms with Crippen LogP contribution in [0.4, 0.5) is 0 Å². The highest BCUT2D eigenvalue weighted by Gasteiger charge is 2.24. The number of carbonyl (C=O) groups excluding carboxylic acids is 1. The number of phenols is 1. The summed E-state index contributed by atoms with van der Waals surface area (Å²) in [5, 5.41) is 10.8. The van der Waals surface area contributed by atoms with E-state index < -0.39 is 5.97 Å². The molecule has 4 rings (SSSR count). The summed E-state index contributed by atoms with van der Waals surface area (Å²) >= 11 is 0. The number of ether oxygens (including phenoxy) is 2. The highest BCUT2D eigenvalue weighted by Crippen LogP contribution is 2.28. The van der Waals surface area contributed by atoms with Crippen molar-refractivity contribution in [2.45, 2.75) is 26.3 Å². The van der Waals surface area contributed by atoms with Gasteiger partial charge in [0, 0.05) is 5.92 Å². The Morgan fingerprint density at radius 1 is 1.23 bits per heavy atom. The Morgan fingerprint density at radius 2 is 2.00 bits per heavy atom. The van der Waals surface area contributed by atoms with Crippen molar-refractivity contribution in [3.05, 3.63) is 64.0 Å². The molecule has 1 aliphatic heterocycles. The summed E-state index contributed by atoms with van der Waals surface area (Å²) in [5.41, 5.74) is 1.10. The molecule has 7 heteroatoms. The fraction of sp³-hybridized carbons (Fsp3) is 0.333. The number of nitrogens with one attached hydrogen (secondary N) is 1. The zero-order chi connectivity index (χ0) is 22.0. The van der Waals surface area contributed by atoms with Crippen LogP contribution in [0.25, 0.3) is 11.0 Å². The topological polar surface area (TPSA) is 90.4 Å². The number of hydrogen-bond donors (Lipinski definition) is 2. The van der Waals surface area contributed by atoms with Gasteiger partial charge in [-0.2, -0.15) is 0 Å². The van der Waals surface area contributed by atoms with Gasteiger partial charge in [0.25, 0.3) is 0 Å². The summed E-state index contributed by atoms with van der Waals surface area (Å²) in [7, 11) is 1.31. The Kier molecular flexibility index (Phi) is 5.95. The lowest BCUT2D eigenvalue weighted by atomic mass is 9.99. The summed E-state index contributed by atoms with van der Waals surface area (Å²) in [6, 6.07) is 9.38. The number of rotatable bonds is 5. The van der Waals surface area contributed by atoms with Crippen molar-refractivity contribution >= 4 is 16.9 Å². The van der Waals surface area contributed by atoms with E-state index in [9.17, 15) is 14.7 Å². The van der Waals surface area contributed by atoms with Gasteiger partial charge in [-0.3, -0.25) is 4.79 Å². The minimum Gasteiger partial charge on any atom is -0.507 e. The van der Waals surface area contributed by atoms with E-state index in [1.807, 2.05) is 0 Å². The molecule has 1 aromatic heterocycles. The quantitative estimate of drug-likeness (QED) is 0.612. The van der Waals surface area contributed by atoms with Crippen LogP contribution in [-0.4, -0.2) is 31.3 Å². The Morgan fingerprint density at radius 3 is 2.71 bits per heavy atom. The van der Waals surface area contributed by atoms with Gasteiger partial charge in [-0.1, -0.05) is 6.92 Å². The number of methoxy groups -OCH3 is 1. The SMILES string of the molecule is COC(=O)c1ccc(Oc2coc3c(C[NH+]4CCC[C@@H](C)C4)c(O)ccc3c2=O)cc1. The van der Waals surface area contributed by atoms with Gasteiger partial charge in [0.2, 0.25) is 11.2 Å². The largest absolute Gasteiger partial charge is 0.507 e. The van der Waals surface area contributed by atoms with E-state index in [2.05, 4.69) is 11.7 Å². The predicted molar refractivity (Wildman–Crippen MR) is 115 cm³/mol. The van der Waals surface area contributed by atoms with Crippen LogP contribution in [0.15, 0.2) is 51.9 Å². The van der Waals surface area contributed by atoms with Crippen LogP contribution < -0.4 is 15.1 Å². The molecule has 162 valence electrons. The molecule has 31 heavy (non-hydrogen) atoms. The monoisotopic (exact) mass is 424 g/mol. The van der Waals surface area contributed by atoms with Crippen molar-refractivity contribution < 1.29 is 28.7 Å². The first-order valence-corrected chi connectivity index (χ1v) is 10.4. The number of likely N-dealkylation sites (tertiary alicyclic amines) is 1. The Hall–Kier alpha value is -3.32. The van der Waals surface area contributed by atoms with Crippen LogP contribution in [0.3, 0.4) is 0 Å². The molecule has 2 atom stereocenters. The minimum absolute atomic E-state index is 0.0360. The lowest BCUT2D eigenvalue weighted by Gasteiger charge is -2.28. The van der Waals surface area contributed by atoms with Gasteiger partial charge in [-0.05, 0) is 49.2 Å². The Bertz CT molecular complexity index is 1150. The van der Waals surface area contributed by atoms with Crippen LogP contribution >= 0.6 is 0 Å². The van der Waals surface area contributed by atoms with Crippen LogP contribution in [0.1, 0.15) is 35.7 Å². The maximum absolute atomic E-state index is 13.0. The van der Waals surface area contributed by atoms with Crippen LogP contribution in [0, 0.1) is 5.92 Å². The highest BCUT2D eigenvalue weighted by molar-refractivity contribution is 5.89. The molecule has 1 fully saturated rings. The van der Waals surface area contributed by atoms with Gasteiger partial charge in [0.1, 0.15) is 24.3 Å². The molecular weight excluding hydrogens is 398 g/mol. The number of carbonyl (C=O) groups is 1. The first-order chi connectivity index (χ1) is 15.0. The second-order valence-electron chi connectivity index (χ2n) is 8.12. The molecule has 7 nitrogen and oxygen atoms in total. The van der Waals surface area contributed by atoms with Gasteiger partial charge in [0.05, 0.1) is 36.7 Å². The summed E-state index contributed by atoms with van der Waals surface area (Å²) in [5.74, 6) is 0.750. The molecule has 2 N–H and O–H groups in total. The van der Waals surface area contributed by atoms with Crippen LogP contribution in [0.5, 0.6) is 17.2 Å². The van der Waals surface area contributed by atoms with Crippen molar-refractivity contribution in [3.8, 4) is 17.2 Å². The number of esters is 1. The third kappa shape index (κ3) is 4.41. The molecule has 0 aliphatic carbocycles. The first-order valence-electron chi connectivity index (χ1n) is 10.4. The lowest BCUT2D eigenvalue weighted by Crippen LogP contribution is -3.12. The molecule has 0 bridgehead atoms. The Balaban J connectivity index is 1.62. The third-order valence-electron chi connectivity index (χ3n) is 5.78. The molecule has 0 radical (unpaired) electrons. The van der Waals surface area contributed by atoms with E-state index in [1.165, 1.54) is 30.8 Å². The van der Waals surface area contributed by atoms with E-state index in [4.69, 9.17) is 9.15 Å². The maximum atomic E-state index is 13.0. The van der Waals surface area contributed by atoms with Crippen molar-refractivity contribution in [1.82, 2.24) is 0 Å². The van der Waals surface area contributed by atoms with E-state index in [0.717, 1.165) is 19.5 Å². The molecule has 0 saturated carbocycles. The number of fused-ring (bicyclic) bond motifs is 1. The second-order valence-corrected chi connectivity index (χ2v) is 8.12. The second kappa shape index (κ2) is 8.81. The number of quaternary nitrogens is 1. The highest BCUT2D eigenvalue weighted by atomic mass is 16.5. The normalized spacial score (nSPS) is 18.6. The Labute approximate surface area is 179 Å². The van der Waals surface area contributed by atoms with Crippen molar-refractivity contribution in [2.24, 2.45) is 5.92 Å². The van der Waals surface area contributed by atoms with Crippen molar-refractivity contribution in [2.75, 3.05) is 20.2 Å². The third-order valence-corrected chi connectivity index (χ3v) is 5.78. The van der Waals surface area contributed by atoms with Crippen molar-refractivity contribution in [3.63, 3.8) is 0 Å².